The van der Waals surface area contributed by atoms with Gasteiger partial charge in [0.2, 0.25) is 15.9 Å². The second kappa shape index (κ2) is 7.93. The number of nitrogens with one attached hydrogen (secondary N) is 2. The highest BCUT2D eigenvalue weighted by atomic mass is 32.2. The molecular formula is C18H25N3O3S. The van der Waals surface area contributed by atoms with Crippen LogP contribution in [0.5, 0.6) is 0 Å². The Morgan fingerprint density at radius 2 is 1.88 bits per heavy atom. The lowest BCUT2D eigenvalue weighted by Gasteiger charge is -2.19. The second-order valence-electron chi connectivity index (χ2n) is 6.93. The number of unbranched alkanes of at least 4 members (excludes halogenated alkanes) is 1. The first-order chi connectivity index (χ1) is 11.7. The number of rotatable bonds is 7. The number of amides is 1. The van der Waals surface area contributed by atoms with Crippen LogP contribution in [0.2, 0.25) is 0 Å². The Balaban J connectivity index is 1.75. The summed E-state index contributed by atoms with van der Waals surface area (Å²) < 4.78 is 25.5. The number of carbonyl (C=O) groups is 1. The van der Waals surface area contributed by atoms with Gasteiger partial charge in [0.15, 0.2) is 0 Å². The third-order valence-corrected chi connectivity index (χ3v) is 6.00. The Labute approximate surface area is 149 Å². The molecule has 0 aliphatic heterocycles. The molecule has 0 aliphatic carbocycles. The molecule has 2 N–H and O–H groups in total. The number of para-hydroxylation sites is 1. The van der Waals surface area contributed by atoms with Gasteiger partial charge in [-0.2, -0.15) is 0 Å². The van der Waals surface area contributed by atoms with Crippen LogP contribution < -0.4 is 10.0 Å². The van der Waals surface area contributed by atoms with Crippen molar-refractivity contribution in [3.63, 3.8) is 0 Å². The summed E-state index contributed by atoms with van der Waals surface area (Å²) in [5.74, 6) is -0.101. The highest BCUT2D eigenvalue weighted by Crippen LogP contribution is 2.16. The van der Waals surface area contributed by atoms with Crippen LogP contribution in [0, 0.1) is 0 Å². The molecule has 1 heterocycles. The Morgan fingerprint density at radius 1 is 1.16 bits per heavy atom. The molecule has 0 bridgehead atoms. The lowest BCUT2D eigenvalue weighted by atomic mass is 10.2. The van der Waals surface area contributed by atoms with Crippen molar-refractivity contribution in [3.8, 4) is 0 Å². The number of hydrogen-bond donors (Lipinski definition) is 2. The normalized spacial score (nSPS) is 12.3. The van der Waals surface area contributed by atoms with Gasteiger partial charge in [0.05, 0.1) is 22.1 Å². The molecule has 1 amide bonds. The third-order valence-electron chi connectivity index (χ3n) is 3.80. The lowest BCUT2D eigenvalue weighted by Crippen LogP contribution is -2.39. The highest BCUT2D eigenvalue weighted by Gasteiger charge is 2.27. The van der Waals surface area contributed by atoms with Gasteiger partial charge in [-0.15, -0.1) is 0 Å². The fourth-order valence-corrected chi connectivity index (χ4v) is 3.04. The Hall–Kier alpha value is -1.99. The molecule has 6 nitrogen and oxygen atoms in total. The first-order valence-corrected chi connectivity index (χ1v) is 9.81. The molecule has 136 valence electrons. The minimum absolute atomic E-state index is 0.101. The summed E-state index contributed by atoms with van der Waals surface area (Å²) in [5.41, 5.74) is 1.55. The third kappa shape index (κ3) is 5.51. The molecule has 0 spiro atoms. The van der Waals surface area contributed by atoms with Gasteiger partial charge < -0.3 is 5.32 Å². The predicted octanol–water partition coefficient (Wildman–Crippen LogP) is 3.06. The number of anilines is 1. The van der Waals surface area contributed by atoms with Crippen molar-refractivity contribution < 1.29 is 13.2 Å². The predicted molar refractivity (Wildman–Crippen MR) is 101 cm³/mol. The quantitative estimate of drug-likeness (QED) is 0.740. The first kappa shape index (κ1) is 19.3. The smallest absolute Gasteiger partial charge is 0.224 e. The van der Waals surface area contributed by atoms with E-state index >= 15 is 0 Å². The zero-order valence-corrected chi connectivity index (χ0v) is 15.7. The number of fused-ring (bicyclic) bond motifs is 1. The van der Waals surface area contributed by atoms with Gasteiger partial charge in [-0.05, 0) is 45.7 Å². The van der Waals surface area contributed by atoms with Crippen LogP contribution in [0.1, 0.15) is 40.0 Å². The van der Waals surface area contributed by atoms with Crippen LogP contribution in [-0.4, -0.2) is 30.6 Å². The van der Waals surface area contributed by atoms with E-state index in [9.17, 15) is 13.2 Å². The van der Waals surface area contributed by atoms with E-state index in [1.807, 2.05) is 30.3 Å². The van der Waals surface area contributed by atoms with Gasteiger partial charge in [-0.25, -0.2) is 13.1 Å². The molecule has 0 saturated carbocycles. The van der Waals surface area contributed by atoms with Crippen LogP contribution in [0.3, 0.4) is 0 Å². The van der Waals surface area contributed by atoms with Gasteiger partial charge in [-0.3, -0.25) is 9.78 Å². The van der Waals surface area contributed by atoms with Crippen molar-refractivity contribution in [2.75, 3.05) is 11.9 Å². The zero-order chi connectivity index (χ0) is 18.5. The van der Waals surface area contributed by atoms with Gasteiger partial charge in [0, 0.05) is 18.4 Å². The van der Waals surface area contributed by atoms with E-state index in [0.29, 0.717) is 31.5 Å². The van der Waals surface area contributed by atoms with Crippen LogP contribution >= 0.6 is 0 Å². The van der Waals surface area contributed by atoms with Gasteiger partial charge in [-0.1, -0.05) is 18.2 Å². The van der Waals surface area contributed by atoms with E-state index in [2.05, 4.69) is 15.0 Å². The summed E-state index contributed by atoms with van der Waals surface area (Å²) in [6, 6.07) is 9.59. The number of sulfonamides is 1. The molecule has 0 saturated heterocycles. The first-order valence-electron chi connectivity index (χ1n) is 8.33. The van der Waals surface area contributed by atoms with Crippen molar-refractivity contribution in [1.82, 2.24) is 9.71 Å². The van der Waals surface area contributed by atoms with Crippen molar-refractivity contribution >= 4 is 32.5 Å². The molecule has 25 heavy (non-hydrogen) atoms. The molecule has 0 radical (unpaired) electrons. The molecule has 1 aromatic heterocycles. The van der Waals surface area contributed by atoms with E-state index in [0.717, 1.165) is 10.9 Å². The SMILES string of the molecule is CC(C)(C)S(=O)(=O)NCCCCC(=O)Nc1cnc2ccccc2c1. The van der Waals surface area contributed by atoms with Crippen molar-refractivity contribution in [2.45, 2.75) is 44.8 Å². The summed E-state index contributed by atoms with van der Waals surface area (Å²) in [7, 11) is -3.33. The molecule has 0 fully saturated rings. The summed E-state index contributed by atoms with van der Waals surface area (Å²) in [6.45, 7) is 5.30. The molecule has 0 aliphatic rings. The van der Waals surface area contributed by atoms with Gasteiger partial charge in [0.1, 0.15) is 0 Å². The summed E-state index contributed by atoms with van der Waals surface area (Å²) >= 11 is 0. The van der Waals surface area contributed by atoms with Crippen molar-refractivity contribution in [1.29, 1.82) is 0 Å². The Bertz CT molecular complexity index is 842. The van der Waals surface area contributed by atoms with E-state index in [1.54, 1.807) is 27.0 Å². The minimum atomic E-state index is -3.33. The lowest BCUT2D eigenvalue weighted by molar-refractivity contribution is -0.116. The minimum Gasteiger partial charge on any atom is -0.325 e. The number of nitrogens with zero attached hydrogens (tertiary/aromatic N) is 1. The number of benzene rings is 1. The molecule has 1 aromatic carbocycles. The van der Waals surface area contributed by atoms with Crippen molar-refractivity contribution in [3.05, 3.63) is 36.5 Å². The van der Waals surface area contributed by atoms with E-state index < -0.39 is 14.8 Å². The topological polar surface area (TPSA) is 88.2 Å². The molecule has 2 rings (SSSR count). The maximum Gasteiger partial charge on any atom is 0.224 e. The number of aromatic nitrogens is 1. The number of carbonyl (C=O) groups excluding carboxylic acids is 1. The Kier molecular flexibility index (Phi) is 6.13. The molecule has 7 heteroatoms. The van der Waals surface area contributed by atoms with Crippen LogP contribution in [0.25, 0.3) is 10.9 Å². The monoisotopic (exact) mass is 363 g/mol. The van der Waals surface area contributed by atoms with Crippen LogP contribution in [0.15, 0.2) is 36.5 Å². The molecule has 2 aromatic rings. The molecule has 0 unspecified atom stereocenters. The number of pyridine rings is 1. The summed E-state index contributed by atoms with van der Waals surface area (Å²) in [6.07, 6.45) is 3.19. The summed E-state index contributed by atoms with van der Waals surface area (Å²) in [5, 5.41) is 3.79. The fourth-order valence-electron chi connectivity index (χ4n) is 2.20. The maximum atomic E-state index is 12.0. The average molecular weight is 363 g/mol. The zero-order valence-electron chi connectivity index (χ0n) is 14.9. The molecular weight excluding hydrogens is 338 g/mol. The van der Waals surface area contributed by atoms with E-state index in [4.69, 9.17) is 0 Å². The Morgan fingerprint density at radius 3 is 2.60 bits per heavy atom. The molecule has 0 atom stereocenters. The standard InChI is InChI=1S/C18H25N3O3S/c1-18(2,3)25(23,24)20-11-7-6-10-17(22)21-15-12-14-8-4-5-9-16(14)19-13-15/h4-5,8-9,12-13,20H,6-7,10-11H2,1-3H3,(H,21,22). The average Bonchev–Trinajstić information content (AvgIpc) is 2.53. The largest absolute Gasteiger partial charge is 0.325 e. The van der Waals surface area contributed by atoms with Crippen molar-refractivity contribution in [2.24, 2.45) is 0 Å². The van der Waals surface area contributed by atoms with E-state index in [1.165, 1.54) is 0 Å². The second-order valence-corrected chi connectivity index (χ2v) is 9.45. The van der Waals surface area contributed by atoms with Crippen LogP contribution in [-0.2, 0) is 14.8 Å². The highest BCUT2D eigenvalue weighted by molar-refractivity contribution is 7.90. The maximum absolute atomic E-state index is 12.0. The van der Waals surface area contributed by atoms with Crippen LogP contribution in [0.4, 0.5) is 5.69 Å². The summed E-state index contributed by atoms with van der Waals surface area (Å²) in [4.78, 5) is 16.3. The number of hydrogen-bond acceptors (Lipinski definition) is 4. The van der Waals surface area contributed by atoms with E-state index in [-0.39, 0.29) is 5.91 Å². The van der Waals surface area contributed by atoms with Gasteiger partial charge in [0.25, 0.3) is 0 Å². The van der Waals surface area contributed by atoms with Gasteiger partial charge >= 0.3 is 0 Å². The fraction of sp³-hybridized carbons (Fsp3) is 0.444.